The van der Waals surface area contributed by atoms with Gasteiger partial charge in [0.25, 0.3) is 0 Å². The molecule has 0 aliphatic rings. The highest BCUT2D eigenvalue weighted by molar-refractivity contribution is 5.84. The molecule has 4 aromatic rings. The standard InChI is InChI=1S/C25H20N2O2/c28-24(29)17-16-23-26-18-19-27(23)25(20-10-4-1-5-11-20,21-12-6-2-7-13-21)22-14-8-3-9-15-22/h1-19H,(H,28,29). The van der Waals surface area contributed by atoms with Crippen molar-refractivity contribution < 1.29 is 9.90 Å². The zero-order valence-electron chi connectivity index (χ0n) is 15.7. The second-order valence-electron chi connectivity index (χ2n) is 6.64. The Hall–Kier alpha value is -3.92. The Morgan fingerprint density at radius 3 is 1.66 bits per heavy atom. The molecular formula is C25H20N2O2. The third-order valence-electron chi connectivity index (χ3n) is 4.98. The maximum atomic E-state index is 11.1. The minimum Gasteiger partial charge on any atom is -0.478 e. The molecule has 0 amide bonds. The molecule has 4 nitrogen and oxygen atoms in total. The summed E-state index contributed by atoms with van der Waals surface area (Å²) in [7, 11) is 0. The van der Waals surface area contributed by atoms with Gasteiger partial charge in [0.1, 0.15) is 11.4 Å². The van der Waals surface area contributed by atoms with Crippen LogP contribution in [-0.4, -0.2) is 20.6 Å². The number of aliphatic carboxylic acids is 1. The van der Waals surface area contributed by atoms with Crippen LogP contribution in [0.5, 0.6) is 0 Å². The lowest BCUT2D eigenvalue weighted by molar-refractivity contribution is -0.131. The first-order valence-corrected chi connectivity index (χ1v) is 9.34. The predicted molar refractivity (Wildman–Crippen MR) is 114 cm³/mol. The quantitative estimate of drug-likeness (QED) is 0.385. The van der Waals surface area contributed by atoms with E-state index < -0.39 is 11.5 Å². The number of nitrogens with zero attached hydrogens (tertiary/aromatic N) is 2. The van der Waals surface area contributed by atoms with Gasteiger partial charge in [-0.1, -0.05) is 91.0 Å². The van der Waals surface area contributed by atoms with E-state index in [0.717, 1.165) is 22.8 Å². The molecule has 4 heteroatoms. The largest absolute Gasteiger partial charge is 0.478 e. The van der Waals surface area contributed by atoms with Crippen LogP contribution in [0.3, 0.4) is 0 Å². The van der Waals surface area contributed by atoms with Crippen molar-refractivity contribution in [3.05, 3.63) is 132 Å². The van der Waals surface area contributed by atoms with Gasteiger partial charge < -0.3 is 9.67 Å². The van der Waals surface area contributed by atoms with Crippen molar-refractivity contribution in [1.82, 2.24) is 9.55 Å². The summed E-state index contributed by atoms with van der Waals surface area (Å²) in [5.74, 6) is -0.451. The van der Waals surface area contributed by atoms with Crippen LogP contribution in [0.4, 0.5) is 0 Å². The van der Waals surface area contributed by atoms with Crippen LogP contribution in [0.15, 0.2) is 109 Å². The molecule has 0 atom stereocenters. The molecule has 1 heterocycles. The van der Waals surface area contributed by atoms with Crippen LogP contribution >= 0.6 is 0 Å². The Bertz CT molecular complexity index is 1020. The van der Waals surface area contributed by atoms with Crippen LogP contribution < -0.4 is 0 Å². The smallest absolute Gasteiger partial charge is 0.328 e. The summed E-state index contributed by atoms with van der Waals surface area (Å²) in [6, 6.07) is 30.6. The molecule has 0 radical (unpaired) electrons. The van der Waals surface area contributed by atoms with Crippen molar-refractivity contribution in [2.45, 2.75) is 5.54 Å². The van der Waals surface area contributed by atoms with Gasteiger partial charge in [-0.15, -0.1) is 0 Å². The maximum Gasteiger partial charge on any atom is 0.328 e. The van der Waals surface area contributed by atoms with Crippen molar-refractivity contribution in [1.29, 1.82) is 0 Å². The number of benzene rings is 3. The average Bonchev–Trinajstić information content (AvgIpc) is 3.24. The summed E-state index contributed by atoms with van der Waals surface area (Å²) in [5, 5.41) is 9.13. The molecule has 0 bridgehead atoms. The molecule has 0 saturated heterocycles. The molecule has 29 heavy (non-hydrogen) atoms. The Morgan fingerprint density at radius 1 is 0.793 bits per heavy atom. The Morgan fingerprint density at radius 2 is 1.24 bits per heavy atom. The Balaban J connectivity index is 2.10. The molecule has 4 rings (SSSR count). The molecule has 142 valence electrons. The second-order valence-corrected chi connectivity index (χ2v) is 6.64. The van der Waals surface area contributed by atoms with E-state index in [-0.39, 0.29) is 0 Å². The fourth-order valence-corrected chi connectivity index (χ4v) is 3.82. The van der Waals surface area contributed by atoms with Crippen molar-refractivity contribution >= 4 is 12.0 Å². The van der Waals surface area contributed by atoms with Crippen molar-refractivity contribution in [2.24, 2.45) is 0 Å². The van der Waals surface area contributed by atoms with E-state index in [4.69, 9.17) is 5.11 Å². The van der Waals surface area contributed by atoms with E-state index in [0.29, 0.717) is 5.82 Å². The molecule has 1 aromatic heterocycles. The fraction of sp³-hybridized carbons (Fsp3) is 0.0400. The highest BCUT2D eigenvalue weighted by Crippen LogP contribution is 2.41. The molecular weight excluding hydrogens is 360 g/mol. The monoisotopic (exact) mass is 380 g/mol. The van der Waals surface area contributed by atoms with Crippen LogP contribution in [-0.2, 0) is 10.3 Å². The van der Waals surface area contributed by atoms with Crippen molar-refractivity contribution in [2.75, 3.05) is 0 Å². The first-order valence-electron chi connectivity index (χ1n) is 9.34. The zero-order valence-corrected chi connectivity index (χ0v) is 15.7. The molecule has 0 aliphatic heterocycles. The lowest BCUT2D eigenvalue weighted by atomic mass is 9.76. The first kappa shape index (κ1) is 18.4. The normalized spacial score (nSPS) is 11.6. The highest BCUT2D eigenvalue weighted by atomic mass is 16.4. The minimum atomic E-state index is -1.01. The third-order valence-corrected chi connectivity index (χ3v) is 4.98. The van der Waals surface area contributed by atoms with E-state index in [1.54, 1.807) is 6.20 Å². The second kappa shape index (κ2) is 7.98. The van der Waals surface area contributed by atoms with Gasteiger partial charge in [0, 0.05) is 18.5 Å². The van der Waals surface area contributed by atoms with Crippen molar-refractivity contribution in [3.63, 3.8) is 0 Å². The number of imidazole rings is 1. The van der Waals surface area contributed by atoms with E-state index in [9.17, 15) is 4.79 Å². The molecule has 0 aliphatic carbocycles. The number of carbonyl (C=O) groups is 1. The number of carboxylic acids is 1. The van der Waals surface area contributed by atoms with Gasteiger partial charge in [-0.2, -0.15) is 0 Å². The Labute approximate surface area is 169 Å². The zero-order chi connectivity index (χ0) is 20.1. The van der Waals surface area contributed by atoms with Gasteiger partial charge in [0.05, 0.1) is 0 Å². The van der Waals surface area contributed by atoms with Gasteiger partial charge in [0.2, 0.25) is 0 Å². The van der Waals surface area contributed by atoms with E-state index in [2.05, 4.69) is 41.4 Å². The summed E-state index contributed by atoms with van der Waals surface area (Å²) in [6.07, 6.45) is 6.25. The van der Waals surface area contributed by atoms with E-state index in [1.807, 2.05) is 65.4 Å². The summed E-state index contributed by atoms with van der Waals surface area (Å²) in [6.45, 7) is 0. The average molecular weight is 380 g/mol. The lowest BCUT2D eigenvalue weighted by Crippen LogP contribution is -2.38. The van der Waals surface area contributed by atoms with Crippen LogP contribution in [0, 0.1) is 0 Å². The van der Waals surface area contributed by atoms with Gasteiger partial charge in [-0.05, 0) is 22.8 Å². The number of aromatic nitrogens is 2. The van der Waals surface area contributed by atoms with Crippen LogP contribution in [0.1, 0.15) is 22.5 Å². The Kier molecular flexibility index (Phi) is 5.08. The van der Waals surface area contributed by atoms with Crippen molar-refractivity contribution in [3.8, 4) is 0 Å². The van der Waals surface area contributed by atoms with E-state index in [1.165, 1.54) is 6.08 Å². The topological polar surface area (TPSA) is 55.1 Å². The summed E-state index contributed by atoms with van der Waals surface area (Å²) < 4.78 is 2.03. The van der Waals surface area contributed by atoms with Gasteiger partial charge in [0.15, 0.2) is 0 Å². The molecule has 3 aromatic carbocycles. The summed E-state index contributed by atoms with van der Waals surface area (Å²) in [4.78, 5) is 15.6. The first-order chi connectivity index (χ1) is 14.2. The third kappa shape index (κ3) is 3.36. The van der Waals surface area contributed by atoms with Crippen LogP contribution in [0.25, 0.3) is 6.08 Å². The molecule has 0 fully saturated rings. The molecule has 0 unspecified atom stereocenters. The predicted octanol–water partition coefficient (Wildman–Crippen LogP) is 4.82. The number of rotatable bonds is 6. The van der Waals surface area contributed by atoms with E-state index >= 15 is 0 Å². The van der Waals surface area contributed by atoms with Gasteiger partial charge in [-0.3, -0.25) is 0 Å². The van der Waals surface area contributed by atoms with Gasteiger partial charge in [-0.25, -0.2) is 9.78 Å². The molecule has 1 N–H and O–H groups in total. The SMILES string of the molecule is O=C(O)C=Cc1nccn1C(c1ccccc1)(c1ccccc1)c1ccccc1. The number of hydrogen-bond donors (Lipinski definition) is 1. The summed E-state index contributed by atoms with van der Waals surface area (Å²) >= 11 is 0. The molecule has 0 saturated carbocycles. The maximum absolute atomic E-state index is 11.1. The lowest BCUT2D eigenvalue weighted by Gasteiger charge is -2.38. The highest BCUT2D eigenvalue weighted by Gasteiger charge is 2.39. The number of hydrogen-bond acceptors (Lipinski definition) is 2. The summed E-state index contributed by atoms with van der Waals surface area (Å²) in [5.41, 5.74) is 2.46. The minimum absolute atomic E-state index is 0.559. The number of carboxylic acid groups (broad SMARTS) is 1. The molecule has 0 spiro atoms. The van der Waals surface area contributed by atoms with Crippen LogP contribution in [0.2, 0.25) is 0 Å². The van der Waals surface area contributed by atoms with Gasteiger partial charge >= 0.3 is 5.97 Å². The fourth-order valence-electron chi connectivity index (χ4n) is 3.82.